The van der Waals surface area contributed by atoms with Crippen molar-refractivity contribution in [1.82, 2.24) is 0 Å². The van der Waals surface area contributed by atoms with Crippen molar-refractivity contribution in [3.05, 3.63) is 24.3 Å². The third-order valence-corrected chi connectivity index (χ3v) is 0.748. The second kappa shape index (κ2) is 2.56. The summed E-state index contributed by atoms with van der Waals surface area (Å²) in [4.78, 5) is 0. The minimum absolute atomic E-state index is 0. The van der Waals surface area contributed by atoms with Crippen molar-refractivity contribution in [2.45, 2.75) is 5.92 Å². The average molecular weight is 150 g/mol. The van der Waals surface area contributed by atoms with E-state index in [-0.39, 0.29) is 21.7 Å². The molecular weight excluding hydrogens is 146 g/mol. The van der Waals surface area contributed by atoms with E-state index in [1.165, 1.54) is 12.2 Å². The quantitative estimate of drug-likeness (QED) is 0.461. The minimum atomic E-state index is -2.67. The molecule has 0 fully saturated rings. The summed E-state index contributed by atoms with van der Waals surface area (Å²) in [6.07, 6.45) is 4.38. The molecule has 0 heterocycles. The predicted molar refractivity (Wildman–Crippen MR) is 23.2 cm³/mol. The van der Waals surface area contributed by atoms with Crippen LogP contribution in [0.4, 0.5) is 8.78 Å². The van der Waals surface area contributed by atoms with Gasteiger partial charge in [-0.05, 0) is 12.2 Å². The first-order chi connectivity index (χ1) is 3.21. The molecule has 0 spiro atoms. The molecule has 1 rings (SSSR count). The van der Waals surface area contributed by atoms with E-state index in [4.69, 9.17) is 0 Å². The molecule has 0 saturated carbocycles. The Morgan fingerprint density at radius 2 is 1.38 bits per heavy atom. The van der Waals surface area contributed by atoms with Gasteiger partial charge in [-0.25, -0.2) is 0 Å². The van der Waals surface area contributed by atoms with E-state index in [1.807, 2.05) is 0 Å². The number of hydrogen-bond donors (Lipinski definition) is 0. The van der Waals surface area contributed by atoms with Gasteiger partial charge in [-0.3, -0.25) is 0 Å². The van der Waals surface area contributed by atoms with Gasteiger partial charge >= 0.3 is 0 Å². The molecule has 1 aliphatic rings. The zero-order valence-corrected chi connectivity index (χ0v) is 5.63. The Hall–Kier alpha value is 0.0543. The maximum absolute atomic E-state index is 11.8. The second-order valence-corrected chi connectivity index (χ2v) is 1.39. The maximum atomic E-state index is 11.8. The first-order valence-corrected chi connectivity index (χ1v) is 1.96. The number of rotatable bonds is 0. The van der Waals surface area contributed by atoms with Crippen molar-refractivity contribution in [1.29, 1.82) is 0 Å². The fourth-order valence-electron chi connectivity index (χ4n) is 0.423. The number of halogens is 2. The molecule has 0 atom stereocenters. The Labute approximate surface area is 61.2 Å². The SMILES string of the molecule is FC1(F)C=CC=C1.[Ti]. The van der Waals surface area contributed by atoms with E-state index in [0.717, 1.165) is 12.2 Å². The molecule has 0 amide bonds. The van der Waals surface area contributed by atoms with Crippen molar-refractivity contribution in [3.8, 4) is 0 Å². The molecule has 0 N–H and O–H groups in total. The number of allylic oxidation sites excluding steroid dienone is 4. The molecule has 3 heteroatoms. The molecule has 42 valence electrons. The number of alkyl halides is 2. The van der Waals surface area contributed by atoms with Crippen LogP contribution < -0.4 is 0 Å². The maximum Gasteiger partial charge on any atom is 0.285 e. The van der Waals surface area contributed by atoms with Crippen molar-refractivity contribution in [3.63, 3.8) is 0 Å². The molecule has 0 saturated heterocycles. The Morgan fingerprint density at radius 3 is 1.50 bits per heavy atom. The molecule has 0 radical (unpaired) electrons. The summed E-state index contributed by atoms with van der Waals surface area (Å²) < 4.78 is 23.5. The molecule has 1 aliphatic carbocycles. The molecular formula is C5H4F2Ti. The first kappa shape index (κ1) is 8.05. The van der Waals surface area contributed by atoms with Crippen LogP contribution in [0.1, 0.15) is 0 Å². The summed E-state index contributed by atoms with van der Waals surface area (Å²) in [6.45, 7) is 0. The van der Waals surface area contributed by atoms with Gasteiger partial charge < -0.3 is 0 Å². The topological polar surface area (TPSA) is 0 Å². The van der Waals surface area contributed by atoms with Gasteiger partial charge in [0.15, 0.2) is 0 Å². The molecule has 0 aromatic heterocycles. The summed E-state index contributed by atoms with van der Waals surface area (Å²) in [5.74, 6) is -2.67. The molecule has 0 nitrogen and oxygen atoms in total. The van der Waals surface area contributed by atoms with Gasteiger partial charge in [0, 0.05) is 21.7 Å². The van der Waals surface area contributed by atoms with Gasteiger partial charge in [0.05, 0.1) is 0 Å². The van der Waals surface area contributed by atoms with Crippen LogP contribution in [0.15, 0.2) is 24.3 Å². The first-order valence-electron chi connectivity index (χ1n) is 1.96. The molecule has 0 aromatic rings. The van der Waals surface area contributed by atoms with Gasteiger partial charge in [0.25, 0.3) is 5.92 Å². The zero-order chi connectivity index (χ0) is 5.33. The second-order valence-electron chi connectivity index (χ2n) is 1.39. The van der Waals surface area contributed by atoms with Crippen molar-refractivity contribution in [2.75, 3.05) is 0 Å². The summed E-state index contributed by atoms with van der Waals surface area (Å²) in [6, 6.07) is 0. The Kier molecular flexibility index (Phi) is 2.58. The Bertz CT molecular complexity index is 112. The normalized spacial score (nSPS) is 20.8. The van der Waals surface area contributed by atoms with E-state index < -0.39 is 5.92 Å². The van der Waals surface area contributed by atoms with E-state index in [1.54, 1.807) is 0 Å². The van der Waals surface area contributed by atoms with Crippen LogP contribution in [0, 0.1) is 0 Å². The summed E-state index contributed by atoms with van der Waals surface area (Å²) >= 11 is 0. The Balaban J connectivity index is 0.000000490. The minimum Gasteiger partial charge on any atom is -0.197 e. The Morgan fingerprint density at radius 1 is 1.00 bits per heavy atom. The third-order valence-electron chi connectivity index (χ3n) is 0.748. The number of hydrogen-bond acceptors (Lipinski definition) is 0. The van der Waals surface area contributed by atoms with Crippen molar-refractivity contribution in [2.24, 2.45) is 0 Å². The van der Waals surface area contributed by atoms with Crippen LogP contribution in [0.3, 0.4) is 0 Å². The zero-order valence-electron chi connectivity index (χ0n) is 4.07. The fourth-order valence-corrected chi connectivity index (χ4v) is 0.423. The van der Waals surface area contributed by atoms with Crippen LogP contribution in [0.2, 0.25) is 0 Å². The predicted octanol–water partition coefficient (Wildman–Crippen LogP) is 1.75. The van der Waals surface area contributed by atoms with E-state index >= 15 is 0 Å². The largest absolute Gasteiger partial charge is 0.285 e. The summed E-state index contributed by atoms with van der Waals surface area (Å²) in [5.41, 5.74) is 0. The monoisotopic (exact) mass is 150 g/mol. The van der Waals surface area contributed by atoms with Gasteiger partial charge in [-0.2, -0.15) is 8.78 Å². The van der Waals surface area contributed by atoms with Gasteiger partial charge in [0.1, 0.15) is 0 Å². The summed E-state index contributed by atoms with van der Waals surface area (Å²) in [5, 5.41) is 0. The van der Waals surface area contributed by atoms with Crippen LogP contribution in [-0.2, 0) is 21.7 Å². The summed E-state index contributed by atoms with van der Waals surface area (Å²) in [7, 11) is 0. The molecule has 0 aliphatic heterocycles. The van der Waals surface area contributed by atoms with Gasteiger partial charge in [-0.15, -0.1) is 0 Å². The molecule has 0 bridgehead atoms. The average Bonchev–Trinajstić information content (AvgIpc) is 1.84. The van der Waals surface area contributed by atoms with Gasteiger partial charge in [0.2, 0.25) is 0 Å². The van der Waals surface area contributed by atoms with Crippen LogP contribution in [0.5, 0.6) is 0 Å². The molecule has 0 aromatic carbocycles. The van der Waals surface area contributed by atoms with Gasteiger partial charge in [-0.1, -0.05) is 12.2 Å². The van der Waals surface area contributed by atoms with Crippen LogP contribution in [0.25, 0.3) is 0 Å². The van der Waals surface area contributed by atoms with Crippen molar-refractivity contribution < 1.29 is 30.5 Å². The smallest absolute Gasteiger partial charge is 0.197 e. The van der Waals surface area contributed by atoms with Crippen LogP contribution >= 0.6 is 0 Å². The van der Waals surface area contributed by atoms with Crippen molar-refractivity contribution >= 4 is 0 Å². The third kappa shape index (κ3) is 1.89. The van der Waals surface area contributed by atoms with E-state index in [2.05, 4.69) is 0 Å². The standard InChI is InChI=1S/C5H4F2.Ti/c6-5(7)3-1-2-4-5;/h1-4H;. The van der Waals surface area contributed by atoms with E-state index in [9.17, 15) is 8.78 Å². The molecule has 0 unspecified atom stereocenters. The molecule has 8 heavy (non-hydrogen) atoms. The van der Waals surface area contributed by atoms with E-state index in [0.29, 0.717) is 0 Å². The van der Waals surface area contributed by atoms with Crippen LogP contribution in [-0.4, -0.2) is 5.92 Å². The fraction of sp³-hybridized carbons (Fsp3) is 0.200.